The van der Waals surface area contributed by atoms with Crippen molar-refractivity contribution in [2.24, 2.45) is 0 Å². The molecule has 0 fully saturated rings. The van der Waals surface area contributed by atoms with Gasteiger partial charge in [-0.3, -0.25) is 14.4 Å². The van der Waals surface area contributed by atoms with Crippen LogP contribution in [0.15, 0.2) is 77.5 Å². The van der Waals surface area contributed by atoms with Gasteiger partial charge in [0.25, 0.3) is 17.7 Å². The molecule has 0 atom stereocenters. The summed E-state index contributed by atoms with van der Waals surface area (Å²) in [6.45, 7) is 3.85. The number of ether oxygens (including phenoxy) is 1. The topological polar surface area (TPSA) is 87.7 Å². The number of halogens is 1. The molecule has 1 heterocycles. The number of methoxy groups -OCH3 is 1. The number of hydrogen-bond donors (Lipinski definition) is 2. The third kappa shape index (κ3) is 4.76. The van der Waals surface area contributed by atoms with E-state index in [-0.39, 0.29) is 16.6 Å². The number of carbonyl (C=O) groups excluding carboxylic acids is 3. The van der Waals surface area contributed by atoms with Gasteiger partial charge in [-0.25, -0.2) is 4.90 Å². The standard InChI is InChI=1S/C27H24ClN3O4/c1-4-17-7-5-6-8-21(17)30-25(32)18-10-9-16(2)22(15-18)29-24-23(28)26(33)31(27(24)34)19-11-13-20(35-3)14-12-19/h5-15,29H,4H2,1-3H3,(H,30,32). The summed E-state index contributed by atoms with van der Waals surface area (Å²) in [5.41, 5.74) is 3.75. The minimum Gasteiger partial charge on any atom is -0.497 e. The van der Waals surface area contributed by atoms with E-state index in [4.69, 9.17) is 16.3 Å². The molecule has 7 nitrogen and oxygen atoms in total. The predicted octanol–water partition coefficient (Wildman–Crippen LogP) is 5.25. The predicted molar refractivity (Wildman–Crippen MR) is 137 cm³/mol. The van der Waals surface area contributed by atoms with Gasteiger partial charge in [-0.15, -0.1) is 0 Å². The van der Waals surface area contributed by atoms with Crippen molar-refractivity contribution in [2.75, 3.05) is 22.6 Å². The number of para-hydroxylation sites is 1. The Hall–Kier alpha value is -4.10. The van der Waals surface area contributed by atoms with Gasteiger partial charge in [0.2, 0.25) is 0 Å². The van der Waals surface area contributed by atoms with Crippen molar-refractivity contribution in [3.05, 3.63) is 94.1 Å². The maximum Gasteiger partial charge on any atom is 0.283 e. The number of hydrogen-bond acceptors (Lipinski definition) is 5. The van der Waals surface area contributed by atoms with Crippen LogP contribution in [0, 0.1) is 6.92 Å². The fraction of sp³-hybridized carbons (Fsp3) is 0.148. The van der Waals surface area contributed by atoms with Gasteiger partial charge in [0.1, 0.15) is 16.5 Å². The van der Waals surface area contributed by atoms with Gasteiger partial charge in [0, 0.05) is 16.9 Å². The molecular formula is C27H24ClN3O4. The molecule has 3 aromatic carbocycles. The van der Waals surface area contributed by atoms with Crippen molar-refractivity contribution < 1.29 is 19.1 Å². The van der Waals surface area contributed by atoms with E-state index in [0.717, 1.165) is 28.1 Å². The molecular weight excluding hydrogens is 466 g/mol. The summed E-state index contributed by atoms with van der Waals surface area (Å²) in [6.07, 6.45) is 0.782. The Morgan fingerprint density at radius 1 is 0.971 bits per heavy atom. The molecule has 0 bridgehead atoms. The molecule has 0 radical (unpaired) electrons. The van der Waals surface area contributed by atoms with Crippen LogP contribution in [-0.4, -0.2) is 24.8 Å². The molecule has 0 spiro atoms. The van der Waals surface area contributed by atoms with E-state index < -0.39 is 11.8 Å². The Bertz CT molecular complexity index is 1350. The average molecular weight is 490 g/mol. The van der Waals surface area contributed by atoms with E-state index in [2.05, 4.69) is 10.6 Å². The minimum absolute atomic E-state index is 0.0514. The van der Waals surface area contributed by atoms with Crippen molar-refractivity contribution in [3.63, 3.8) is 0 Å². The highest BCUT2D eigenvalue weighted by molar-refractivity contribution is 6.53. The Morgan fingerprint density at radius 2 is 1.69 bits per heavy atom. The fourth-order valence-electron chi connectivity index (χ4n) is 3.75. The zero-order valence-electron chi connectivity index (χ0n) is 19.5. The first kappa shape index (κ1) is 24.0. The highest BCUT2D eigenvalue weighted by Crippen LogP contribution is 2.32. The van der Waals surface area contributed by atoms with Crippen LogP contribution in [0.5, 0.6) is 5.75 Å². The molecule has 4 rings (SSSR count). The summed E-state index contributed by atoms with van der Waals surface area (Å²) in [7, 11) is 1.53. The van der Waals surface area contributed by atoms with E-state index in [1.54, 1.807) is 42.5 Å². The fourth-order valence-corrected chi connectivity index (χ4v) is 3.97. The van der Waals surface area contributed by atoms with E-state index in [1.165, 1.54) is 7.11 Å². The van der Waals surface area contributed by atoms with Gasteiger partial charge in [-0.1, -0.05) is 42.8 Å². The van der Waals surface area contributed by atoms with Gasteiger partial charge in [0.05, 0.1) is 12.8 Å². The third-order valence-corrected chi connectivity index (χ3v) is 6.11. The van der Waals surface area contributed by atoms with E-state index in [0.29, 0.717) is 22.7 Å². The third-order valence-electron chi connectivity index (χ3n) is 5.76. The molecule has 1 aliphatic heterocycles. The summed E-state index contributed by atoms with van der Waals surface area (Å²) in [5, 5.41) is 5.69. The first-order chi connectivity index (χ1) is 16.8. The van der Waals surface area contributed by atoms with Crippen LogP contribution in [0.4, 0.5) is 17.1 Å². The smallest absolute Gasteiger partial charge is 0.283 e. The molecule has 0 aliphatic carbocycles. The number of benzene rings is 3. The van der Waals surface area contributed by atoms with Gasteiger partial charge in [-0.2, -0.15) is 0 Å². The number of aryl methyl sites for hydroxylation is 2. The van der Waals surface area contributed by atoms with E-state index >= 15 is 0 Å². The quantitative estimate of drug-likeness (QED) is 0.442. The van der Waals surface area contributed by atoms with Crippen molar-refractivity contribution in [1.82, 2.24) is 0 Å². The molecule has 0 saturated carbocycles. The highest BCUT2D eigenvalue weighted by Gasteiger charge is 2.39. The second-order valence-electron chi connectivity index (χ2n) is 7.95. The van der Waals surface area contributed by atoms with Crippen LogP contribution in [0.1, 0.15) is 28.4 Å². The van der Waals surface area contributed by atoms with Crippen molar-refractivity contribution in [1.29, 1.82) is 0 Å². The van der Waals surface area contributed by atoms with Gasteiger partial charge in [-0.05, 0) is 66.9 Å². The highest BCUT2D eigenvalue weighted by atomic mass is 35.5. The zero-order chi connectivity index (χ0) is 25.1. The average Bonchev–Trinajstić information content (AvgIpc) is 3.08. The van der Waals surface area contributed by atoms with Crippen LogP contribution in [0.25, 0.3) is 0 Å². The number of nitrogens with one attached hydrogen (secondary N) is 2. The first-order valence-electron chi connectivity index (χ1n) is 11.0. The van der Waals surface area contributed by atoms with Gasteiger partial charge >= 0.3 is 0 Å². The second kappa shape index (κ2) is 10.0. The number of rotatable bonds is 7. The lowest BCUT2D eigenvalue weighted by molar-refractivity contribution is -0.120. The lowest BCUT2D eigenvalue weighted by Gasteiger charge is -2.16. The normalized spacial score (nSPS) is 13.3. The van der Waals surface area contributed by atoms with Crippen LogP contribution in [-0.2, 0) is 16.0 Å². The summed E-state index contributed by atoms with van der Waals surface area (Å²) >= 11 is 6.27. The molecule has 0 unspecified atom stereocenters. The summed E-state index contributed by atoms with van der Waals surface area (Å²) in [5.74, 6) is -0.913. The van der Waals surface area contributed by atoms with Crippen molar-refractivity contribution >= 4 is 46.4 Å². The molecule has 1 aliphatic rings. The number of nitrogens with zero attached hydrogens (tertiary/aromatic N) is 1. The van der Waals surface area contributed by atoms with Crippen molar-refractivity contribution in [3.8, 4) is 5.75 Å². The summed E-state index contributed by atoms with van der Waals surface area (Å²) < 4.78 is 5.13. The van der Waals surface area contributed by atoms with Crippen LogP contribution in [0.3, 0.4) is 0 Å². The molecule has 178 valence electrons. The van der Waals surface area contributed by atoms with Crippen molar-refractivity contribution in [2.45, 2.75) is 20.3 Å². The maximum absolute atomic E-state index is 13.1. The van der Waals surface area contributed by atoms with E-state index in [1.807, 2.05) is 38.1 Å². The zero-order valence-corrected chi connectivity index (χ0v) is 20.3. The molecule has 35 heavy (non-hydrogen) atoms. The number of carbonyl (C=O) groups is 3. The molecule has 3 aromatic rings. The molecule has 0 saturated heterocycles. The number of amides is 3. The minimum atomic E-state index is -0.632. The Morgan fingerprint density at radius 3 is 2.37 bits per heavy atom. The lowest BCUT2D eigenvalue weighted by Crippen LogP contribution is -2.32. The molecule has 2 N–H and O–H groups in total. The van der Waals surface area contributed by atoms with Crippen LogP contribution < -0.4 is 20.3 Å². The molecule has 0 aromatic heterocycles. The Balaban J connectivity index is 1.58. The Labute approximate surface area is 208 Å². The molecule has 8 heteroatoms. The maximum atomic E-state index is 13.1. The van der Waals surface area contributed by atoms with E-state index in [9.17, 15) is 14.4 Å². The molecule has 3 amide bonds. The van der Waals surface area contributed by atoms with Crippen LogP contribution in [0.2, 0.25) is 0 Å². The SMILES string of the molecule is CCc1ccccc1NC(=O)c1ccc(C)c(NC2=C(Cl)C(=O)N(c3ccc(OC)cc3)C2=O)c1. The number of imide groups is 1. The summed E-state index contributed by atoms with van der Waals surface area (Å²) in [6, 6.07) is 19.2. The summed E-state index contributed by atoms with van der Waals surface area (Å²) in [4.78, 5) is 39.8. The number of anilines is 3. The Kier molecular flexibility index (Phi) is 6.89. The monoisotopic (exact) mass is 489 g/mol. The van der Waals surface area contributed by atoms with Gasteiger partial charge in [0.15, 0.2) is 0 Å². The van der Waals surface area contributed by atoms with Gasteiger partial charge < -0.3 is 15.4 Å². The first-order valence-corrected chi connectivity index (χ1v) is 11.4. The van der Waals surface area contributed by atoms with Crippen LogP contribution >= 0.6 is 11.6 Å². The second-order valence-corrected chi connectivity index (χ2v) is 8.33. The largest absolute Gasteiger partial charge is 0.497 e. The lowest BCUT2D eigenvalue weighted by atomic mass is 10.1.